The van der Waals surface area contributed by atoms with Crippen molar-refractivity contribution in [2.75, 3.05) is 6.54 Å². The lowest BCUT2D eigenvalue weighted by molar-refractivity contribution is 0.199. The predicted molar refractivity (Wildman–Crippen MR) is 135 cm³/mol. The van der Waals surface area contributed by atoms with Gasteiger partial charge in [0.15, 0.2) is 17.4 Å². The van der Waals surface area contributed by atoms with Gasteiger partial charge >= 0.3 is 0 Å². The number of imidazole rings is 1. The number of fused-ring (bicyclic) bond motifs is 3. The SMILES string of the molecule is Oc1cc(CCC2C3CN23)c(-c2ccc3c(-c4nc5c([nH]4)CN(C4CCCC4)C5)n[nH]c3c2)cc1F. The molecule has 3 N–H and O–H groups in total. The zero-order valence-electron chi connectivity index (χ0n) is 20.1. The molecular weight excluding hydrogens is 455 g/mol. The molecule has 4 aliphatic rings. The van der Waals surface area contributed by atoms with Gasteiger partial charge in [0.1, 0.15) is 5.69 Å². The van der Waals surface area contributed by atoms with Gasteiger partial charge in [0, 0.05) is 43.1 Å². The second-order valence-corrected chi connectivity index (χ2v) is 11.0. The van der Waals surface area contributed by atoms with Gasteiger partial charge in [-0.15, -0.1) is 0 Å². The van der Waals surface area contributed by atoms with Crippen LogP contribution in [0.5, 0.6) is 5.75 Å². The maximum Gasteiger partial charge on any atom is 0.165 e. The van der Waals surface area contributed by atoms with E-state index in [0.29, 0.717) is 12.1 Å². The fourth-order valence-electron chi connectivity index (χ4n) is 6.59. The summed E-state index contributed by atoms with van der Waals surface area (Å²) in [6.07, 6.45) is 7.15. The Morgan fingerprint density at radius 2 is 1.97 bits per heavy atom. The van der Waals surface area contributed by atoms with Gasteiger partial charge < -0.3 is 10.1 Å². The van der Waals surface area contributed by atoms with Gasteiger partial charge in [0.25, 0.3) is 0 Å². The molecule has 1 saturated carbocycles. The molecule has 3 unspecified atom stereocenters. The van der Waals surface area contributed by atoms with E-state index in [1.807, 2.05) is 18.2 Å². The second-order valence-electron chi connectivity index (χ2n) is 11.0. The van der Waals surface area contributed by atoms with E-state index >= 15 is 0 Å². The minimum atomic E-state index is -0.589. The molecule has 184 valence electrons. The molecule has 3 aliphatic heterocycles. The first-order valence-electron chi connectivity index (χ1n) is 13.2. The first kappa shape index (κ1) is 20.9. The summed E-state index contributed by atoms with van der Waals surface area (Å²) in [6.45, 7) is 3.08. The number of H-pyrrole nitrogens is 2. The van der Waals surface area contributed by atoms with Crippen molar-refractivity contribution >= 4 is 10.9 Å². The Kier molecular flexibility index (Phi) is 4.43. The standard InChI is InChI=1S/C28H29FN6O/c29-20-11-19(16(10-26(20)36)6-8-24-25-14-35(24)25)15-5-7-18-21(9-15)32-33-27(18)28-30-22-12-34(13-23(22)31-28)17-3-1-2-4-17/h5,7,9-11,17,24-25,36H,1-4,6,8,12-14H2,(H,30,31)(H,32,33). The van der Waals surface area contributed by atoms with Gasteiger partial charge in [-0.3, -0.25) is 14.9 Å². The average molecular weight is 485 g/mol. The normalized spacial score (nSPS) is 25.0. The molecule has 0 amide bonds. The first-order valence-corrected chi connectivity index (χ1v) is 13.2. The lowest BCUT2D eigenvalue weighted by Gasteiger charge is -2.22. The number of rotatable bonds is 6. The highest BCUT2D eigenvalue weighted by Gasteiger charge is 2.60. The predicted octanol–water partition coefficient (Wildman–Crippen LogP) is 4.72. The summed E-state index contributed by atoms with van der Waals surface area (Å²) in [4.78, 5) is 13.5. The molecule has 0 spiro atoms. The highest BCUT2D eigenvalue weighted by atomic mass is 19.1. The van der Waals surface area contributed by atoms with Crippen molar-refractivity contribution in [2.45, 2.75) is 69.7 Å². The van der Waals surface area contributed by atoms with Crippen molar-refractivity contribution in [1.29, 1.82) is 0 Å². The number of aryl methyl sites for hydroxylation is 1. The summed E-state index contributed by atoms with van der Waals surface area (Å²) in [6, 6.07) is 11.3. The van der Waals surface area contributed by atoms with Crippen LogP contribution in [-0.2, 0) is 19.5 Å². The summed E-state index contributed by atoms with van der Waals surface area (Å²) in [5.74, 6) is -0.0642. The Morgan fingerprint density at radius 1 is 1.11 bits per heavy atom. The van der Waals surface area contributed by atoms with Crippen LogP contribution >= 0.6 is 0 Å². The molecule has 36 heavy (non-hydrogen) atoms. The van der Waals surface area contributed by atoms with Crippen LogP contribution in [0, 0.1) is 5.82 Å². The van der Waals surface area contributed by atoms with E-state index in [1.54, 1.807) is 6.07 Å². The molecule has 2 aromatic carbocycles. The van der Waals surface area contributed by atoms with E-state index in [1.165, 1.54) is 44.0 Å². The van der Waals surface area contributed by atoms with Gasteiger partial charge in [-0.25, -0.2) is 9.37 Å². The summed E-state index contributed by atoms with van der Waals surface area (Å²) in [7, 11) is 0. The van der Waals surface area contributed by atoms with Crippen molar-refractivity contribution in [3.63, 3.8) is 0 Å². The van der Waals surface area contributed by atoms with Crippen LogP contribution in [0.3, 0.4) is 0 Å². The third-order valence-electron chi connectivity index (χ3n) is 8.87. The van der Waals surface area contributed by atoms with Crippen LogP contribution in [-0.4, -0.2) is 59.7 Å². The number of aromatic amines is 2. The van der Waals surface area contributed by atoms with E-state index in [-0.39, 0.29) is 5.75 Å². The highest BCUT2D eigenvalue weighted by Crippen LogP contribution is 2.46. The van der Waals surface area contributed by atoms with Crippen LogP contribution in [0.4, 0.5) is 4.39 Å². The number of halogens is 1. The Morgan fingerprint density at radius 3 is 2.75 bits per heavy atom. The number of aromatic nitrogens is 4. The van der Waals surface area contributed by atoms with E-state index in [0.717, 1.165) is 76.8 Å². The second kappa shape index (κ2) is 7.63. The molecule has 3 fully saturated rings. The summed E-state index contributed by atoms with van der Waals surface area (Å²) < 4.78 is 14.4. The molecule has 0 radical (unpaired) electrons. The Bertz CT molecular complexity index is 1470. The molecule has 7 nitrogen and oxygen atoms in total. The number of phenols is 1. The molecule has 8 heteroatoms. The number of hydrogen-bond donors (Lipinski definition) is 3. The van der Waals surface area contributed by atoms with Crippen LogP contribution in [0.1, 0.15) is 49.1 Å². The van der Waals surface area contributed by atoms with Gasteiger partial charge in [0.2, 0.25) is 0 Å². The molecule has 2 aromatic heterocycles. The maximum absolute atomic E-state index is 14.4. The fourth-order valence-corrected chi connectivity index (χ4v) is 6.59. The van der Waals surface area contributed by atoms with E-state index < -0.39 is 5.82 Å². The van der Waals surface area contributed by atoms with Gasteiger partial charge in [-0.2, -0.15) is 5.10 Å². The first-order chi connectivity index (χ1) is 17.6. The molecule has 5 heterocycles. The number of nitrogens with zero attached hydrogens (tertiary/aromatic N) is 4. The number of hydrogen-bond acceptors (Lipinski definition) is 5. The van der Waals surface area contributed by atoms with E-state index in [9.17, 15) is 9.50 Å². The number of benzene rings is 2. The molecule has 2 saturated heterocycles. The maximum atomic E-state index is 14.4. The largest absolute Gasteiger partial charge is 0.505 e. The van der Waals surface area contributed by atoms with Crippen LogP contribution in [0.15, 0.2) is 30.3 Å². The quantitative estimate of drug-likeness (QED) is 0.345. The van der Waals surface area contributed by atoms with Crippen LogP contribution < -0.4 is 0 Å². The lowest BCUT2D eigenvalue weighted by atomic mass is 9.94. The summed E-state index contributed by atoms with van der Waals surface area (Å²) >= 11 is 0. The Hall–Kier alpha value is -3.23. The Balaban J connectivity index is 1.08. The van der Waals surface area contributed by atoms with Crippen molar-refractivity contribution in [1.82, 2.24) is 30.0 Å². The number of phenolic OH excluding ortho intramolecular Hbond substituents is 1. The number of nitrogens with one attached hydrogen (secondary N) is 2. The van der Waals surface area contributed by atoms with Gasteiger partial charge in [-0.05, 0) is 66.6 Å². The molecule has 0 bridgehead atoms. The number of aromatic hydroxyl groups is 1. The zero-order chi connectivity index (χ0) is 24.0. The smallest absolute Gasteiger partial charge is 0.165 e. The van der Waals surface area contributed by atoms with Crippen molar-refractivity contribution in [3.8, 4) is 28.4 Å². The monoisotopic (exact) mass is 484 g/mol. The van der Waals surface area contributed by atoms with Crippen molar-refractivity contribution < 1.29 is 9.50 Å². The topological polar surface area (TPSA) is 83.8 Å². The molecular formula is C28H29FN6O. The minimum absolute atomic E-state index is 0.280. The van der Waals surface area contributed by atoms with Gasteiger partial charge in [0.05, 0.1) is 16.9 Å². The van der Waals surface area contributed by atoms with Crippen LogP contribution in [0.2, 0.25) is 0 Å². The zero-order valence-corrected chi connectivity index (χ0v) is 20.1. The van der Waals surface area contributed by atoms with E-state index in [2.05, 4.69) is 25.0 Å². The summed E-state index contributed by atoms with van der Waals surface area (Å²) in [5, 5.41) is 18.8. The molecule has 3 atom stereocenters. The van der Waals surface area contributed by atoms with E-state index in [4.69, 9.17) is 4.98 Å². The fraction of sp³-hybridized carbons (Fsp3) is 0.429. The Labute approximate surface area is 208 Å². The molecule has 1 aliphatic carbocycles. The summed E-state index contributed by atoms with van der Waals surface area (Å²) in [5.41, 5.74) is 6.78. The van der Waals surface area contributed by atoms with Crippen molar-refractivity contribution in [3.05, 3.63) is 53.1 Å². The third kappa shape index (κ3) is 3.31. The van der Waals surface area contributed by atoms with Gasteiger partial charge in [-0.1, -0.05) is 18.9 Å². The third-order valence-corrected chi connectivity index (χ3v) is 8.87. The molecule has 8 rings (SSSR count). The average Bonchev–Trinajstić information content (AvgIpc) is 3.39. The van der Waals surface area contributed by atoms with Crippen LogP contribution in [0.25, 0.3) is 33.5 Å². The molecule has 4 aromatic rings. The lowest BCUT2D eigenvalue weighted by Crippen LogP contribution is -2.28. The highest BCUT2D eigenvalue weighted by molar-refractivity contribution is 5.94. The van der Waals surface area contributed by atoms with Crippen molar-refractivity contribution in [2.24, 2.45) is 0 Å². The minimum Gasteiger partial charge on any atom is -0.505 e.